The van der Waals surface area contributed by atoms with Crippen LogP contribution in [0.25, 0.3) is 0 Å². The predicted octanol–water partition coefficient (Wildman–Crippen LogP) is 3.54. The summed E-state index contributed by atoms with van der Waals surface area (Å²) in [5.74, 6) is -1.69. The maximum Gasteiger partial charge on any atom is 0.325 e. The molecule has 250 valence electrons. The molecule has 3 amide bonds. The third-order valence-electron chi connectivity index (χ3n) is 8.88. The average molecular weight is 661 g/mol. The molecule has 0 bridgehead atoms. The molecule has 2 aromatic carbocycles. The molecule has 2 heterocycles. The molecule has 1 aromatic heterocycles. The number of benzene rings is 2. The standard InChI is InChI=1S/C36H42N4O6.H2S/c1-35(2,3)46-30(41)23-37-34(45)36(24-11-6-5-7-12-24)19-16-27(26-13-8-9-15-29(26)36)33(44)40-21-17-25(18-22-40)38-31(42)28-14-10-20-39(4)32(28)43;/h5-15,20,25,27H,16-19,21-23H2,1-4H3,(H,37,45)(H,38,42);1H2/t27?,36-;/m1./s1. The second-order valence-corrected chi connectivity index (χ2v) is 13.1. The second-order valence-electron chi connectivity index (χ2n) is 13.1. The smallest absolute Gasteiger partial charge is 0.325 e. The molecular weight excluding hydrogens is 616 g/mol. The van der Waals surface area contributed by atoms with Gasteiger partial charge in [0.25, 0.3) is 11.5 Å². The number of rotatable bonds is 7. The Labute approximate surface area is 282 Å². The van der Waals surface area contributed by atoms with Crippen molar-refractivity contribution < 1.29 is 23.9 Å². The third kappa shape index (κ3) is 7.62. The molecule has 1 unspecified atom stereocenters. The topological polar surface area (TPSA) is 127 Å². The first kappa shape index (κ1) is 35.5. The fourth-order valence-corrected chi connectivity index (χ4v) is 6.67. The van der Waals surface area contributed by atoms with Crippen molar-refractivity contribution >= 4 is 37.2 Å². The van der Waals surface area contributed by atoms with Gasteiger partial charge < -0.3 is 24.8 Å². The minimum Gasteiger partial charge on any atom is -0.459 e. The van der Waals surface area contributed by atoms with Crippen LogP contribution in [-0.2, 0) is 31.6 Å². The number of nitrogens with one attached hydrogen (secondary N) is 2. The van der Waals surface area contributed by atoms with Crippen LogP contribution in [0.2, 0.25) is 0 Å². The lowest BCUT2D eigenvalue weighted by atomic mass is 9.62. The van der Waals surface area contributed by atoms with Gasteiger partial charge in [-0.1, -0.05) is 54.6 Å². The van der Waals surface area contributed by atoms with Crippen molar-refractivity contribution in [2.24, 2.45) is 7.05 Å². The van der Waals surface area contributed by atoms with E-state index in [2.05, 4.69) is 10.6 Å². The molecule has 1 saturated heterocycles. The van der Waals surface area contributed by atoms with Gasteiger partial charge in [-0.25, -0.2) is 0 Å². The number of fused-ring (bicyclic) bond motifs is 1. The van der Waals surface area contributed by atoms with Crippen molar-refractivity contribution in [3.63, 3.8) is 0 Å². The molecule has 2 aliphatic rings. The molecule has 2 N–H and O–H groups in total. The zero-order valence-electron chi connectivity index (χ0n) is 27.4. The van der Waals surface area contributed by atoms with Gasteiger partial charge in [0, 0.05) is 32.4 Å². The molecule has 1 aliphatic heterocycles. The predicted molar refractivity (Wildman–Crippen MR) is 184 cm³/mol. The van der Waals surface area contributed by atoms with Gasteiger partial charge in [-0.15, -0.1) is 0 Å². The Hall–Kier alpha value is -4.38. The Kier molecular flexibility index (Phi) is 11.0. The highest BCUT2D eigenvalue weighted by molar-refractivity contribution is 7.59. The number of carbonyl (C=O) groups excluding carboxylic acids is 4. The van der Waals surface area contributed by atoms with Crippen molar-refractivity contribution in [3.05, 3.63) is 106 Å². The Balaban J connectivity index is 0.00000500. The largest absolute Gasteiger partial charge is 0.459 e. The fraction of sp³-hybridized carbons (Fsp3) is 0.417. The molecule has 3 aromatic rings. The highest BCUT2D eigenvalue weighted by Crippen LogP contribution is 2.48. The first-order valence-electron chi connectivity index (χ1n) is 15.8. The van der Waals surface area contributed by atoms with Gasteiger partial charge in [-0.2, -0.15) is 13.5 Å². The number of aryl methyl sites for hydroxylation is 1. The van der Waals surface area contributed by atoms with Crippen LogP contribution in [0.1, 0.15) is 79.4 Å². The van der Waals surface area contributed by atoms with Crippen molar-refractivity contribution in [2.75, 3.05) is 19.6 Å². The number of nitrogens with zero attached hydrogens (tertiary/aromatic N) is 2. The van der Waals surface area contributed by atoms with Crippen LogP contribution in [0.4, 0.5) is 0 Å². The van der Waals surface area contributed by atoms with Gasteiger partial charge in [0.2, 0.25) is 11.8 Å². The quantitative estimate of drug-likeness (QED) is 0.374. The molecule has 47 heavy (non-hydrogen) atoms. The fourth-order valence-electron chi connectivity index (χ4n) is 6.67. The molecule has 1 aliphatic carbocycles. The van der Waals surface area contributed by atoms with E-state index in [9.17, 15) is 24.0 Å². The summed E-state index contributed by atoms with van der Waals surface area (Å²) < 4.78 is 6.79. The van der Waals surface area contributed by atoms with Gasteiger partial charge in [0.05, 0.1) is 11.3 Å². The van der Waals surface area contributed by atoms with Gasteiger partial charge >= 0.3 is 5.97 Å². The van der Waals surface area contributed by atoms with Gasteiger partial charge in [-0.05, 0) is 75.3 Å². The highest BCUT2D eigenvalue weighted by Gasteiger charge is 2.49. The molecule has 0 spiro atoms. The summed E-state index contributed by atoms with van der Waals surface area (Å²) in [4.78, 5) is 67.7. The summed E-state index contributed by atoms with van der Waals surface area (Å²) in [5, 5.41) is 5.80. The van der Waals surface area contributed by atoms with Crippen molar-refractivity contribution in [3.8, 4) is 0 Å². The summed E-state index contributed by atoms with van der Waals surface area (Å²) in [5.41, 5.74) is 0.310. The minimum absolute atomic E-state index is 0. The van der Waals surface area contributed by atoms with E-state index in [-0.39, 0.29) is 49.0 Å². The van der Waals surface area contributed by atoms with Crippen LogP contribution < -0.4 is 16.2 Å². The maximum absolute atomic E-state index is 14.1. The molecule has 0 radical (unpaired) electrons. The number of hydrogen-bond acceptors (Lipinski definition) is 6. The summed E-state index contributed by atoms with van der Waals surface area (Å²) in [6.45, 7) is 6.00. The van der Waals surface area contributed by atoms with Gasteiger partial charge in [0.1, 0.15) is 17.7 Å². The molecule has 10 nitrogen and oxygen atoms in total. The van der Waals surface area contributed by atoms with Crippen LogP contribution in [0.15, 0.2) is 77.7 Å². The third-order valence-corrected chi connectivity index (χ3v) is 8.88. The second kappa shape index (κ2) is 14.6. The normalized spacial score (nSPS) is 19.5. The SMILES string of the molecule is Cn1cccc(C(=O)NC2CCN(C(=O)C3CC[C@@](C(=O)NCC(=O)OC(C)(C)C)(c4ccccc4)c4ccccc43)CC2)c1=O.S. The number of aromatic nitrogens is 1. The first-order valence-corrected chi connectivity index (χ1v) is 15.8. The number of amides is 3. The van der Waals surface area contributed by atoms with E-state index in [0.717, 1.165) is 16.7 Å². The van der Waals surface area contributed by atoms with E-state index >= 15 is 0 Å². The van der Waals surface area contributed by atoms with Gasteiger partial charge in [-0.3, -0.25) is 24.0 Å². The number of likely N-dealkylation sites (tertiary alicyclic amines) is 1. The molecule has 5 rings (SSSR count). The number of piperidine rings is 1. The van der Waals surface area contributed by atoms with Crippen LogP contribution in [0.3, 0.4) is 0 Å². The van der Waals surface area contributed by atoms with E-state index in [4.69, 9.17) is 4.74 Å². The van der Waals surface area contributed by atoms with E-state index < -0.39 is 28.8 Å². The van der Waals surface area contributed by atoms with Crippen molar-refractivity contribution in [2.45, 2.75) is 69.4 Å². The molecular formula is C36H44N4O6S. The number of carbonyl (C=O) groups is 4. The monoisotopic (exact) mass is 660 g/mol. The van der Waals surface area contributed by atoms with Crippen LogP contribution >= 0.6 is 13.5 Å². The first-order chi connectivity index (χ1) is 21.9. The summed E-state index contributed by atoms with van der Waals surface area (Å²) in [7, 11) is 1.60. The van der Waals surface area contributed by atoms with E-state index in [0.29, 0.717) is 38.8 Å². The Morgan fingerprint density at radius 3 is 2.26 bits per heavy atom. The molecule has 1 fully saturated rings. The van der Waals surface area contributed by atoms with Crippen molar-refractivity contribution in [1.82, 2.24) is 20.1 Å². The summed E-state index contributed by atoms with van der Waals surface area (Å²) >= 11 is 0. The molecule has 0 saturated carbocycles. The van der Waals surface area contributed by atoms with E-state index in [1.807, 2.05) is 59.5 Å². The minimum atomic E-state index is -1.09. The zero-order valence-corrected chi connectivity index (χ0v) is 28.4. The lowest BCUT2D eigenvalue weighted by Crippen LogP contribution is -2.52. The zero-order chi connectivity index (χ0) is 33.1. The van der Waals surface area contributed by atoms with Crippen molar-refractivity contribution in [1.29, 1.82) is 0 Å². The van der Waals surface area contributed by atoms with E-state index in [1.165, 1.54) is 10.6 Å². The van der Waals surface area contributed by atoms with E-state index in [1.54, 1.807) is 40.1 Å². The maximum atomic E-state index is 14.1. The number of esters is 1. The van der Waals surface area contributed by atoms with Crippen LogP contribution in [0.5, 0.6) is 0 Å². The van der Waals surface area contributed by atoms with Crippen LogP contribution in [-0.4, -0.2) is 64.4 Å². The molecule has 2 atom stereocenters. The molecule has 11 heteroatoms. The number of pyridine rings is 1. The summed E-state index contributed by atoms with van der Waals surface area (Å²) in [6.07, 6.45) is 3.56. The van der Waals surface area contributed by atoms with Gasteiger partial charge in [0.15, 0.2) is 0 Å². The Bertz CT molecular complexity index is 1680. The number of hydrogen-bond donors (Lipinski definition) is 2. The summed E-state index contributed by atoms with van der Waals surface area (Å²) in [6, 6.07) is 20.1. The highest BCUT2D eigenvalue weighted by atomic mass is 32.1. The average Bonchev–Trinajstić information content (AvgIpc) is 3.04. The Morgan fingerprint density at radius 2 is 1.57 bits per heavy atom. The lowest BCUT2D eigenvalue weighted by Gasteiger charge is -2.42. The Morgan fingerprint density at radius 1 is 0.915 bits per heavy atom. The lowest BCUT2D eigenvalue weighted by molar-refractivity contribution is -0.154. The van der Waals surface area contributed by atoms with Crippen LogP contribution in [0, 0.1) is 0 Å². The number of ether oxygens (including phenoxy) is 1.